The fraction of sp³-hybridized carbons (Fsp3) is 0.500. The van der Waals surface area contributed by atoms with E-state index < -0.39 is 29.2 Å². The molecule has 10 heteroatoms. The highest BCUT2D eigenvalue weighted by molar-refractivity contribution is 9.10. The number of urea groups is 1. The van der Waals surface area contributed by atoms with E-state index in [-0.39, 0.29) is 6.54 Å². The van der Waals surface area contributed by atoms with Crippen LogP contribution in [0.25, 0.3) is 0 Å². The van der Waals surface area contributed by atoms with E-state index in [0.717, 1.165) is 0 Å². The number of hydrogen-bond donors (Lipinski definition) is 3. The van der Waals surface area contributed by atoms with Gasteiger partial charge in [0.15, 0.2) is 5.54 Å². The molecule has 22 heavy (non-hydrogen) atoms. The number of amides is 4. The van der Waals surface area contributed by atoms with Gasteiger partial charge in [0.2, 0.25) is 0 Å². The summed E-state index contributed by atoms with van der Waals surface area (Å²) in [5.41, 5.74) is -2.10. The summed E-state index contributed by atoms with van der Waals surface area (Å²) in [5.74, 6) is -0.574. The summed E-state index contributed by atoms with van der Waals surface area (Å²) in [6.07, 6.45) is -0.684. The topological polar surface area (TPSA) is 109 Å². The van der Waals surface area contributed by atoms with Gasteiger partial charge in [0.1, 0.15) is 15.2 Å². The van der Waals surface area contributed by atoms with E-state index in [1.807, 2.05) is 0 Å². The maximum atomic E-state index is 12.2. The Morgan fingerprint density at radius 1 is 1.50 bits per heavy atom. The molecule has 0 radical (unpaired) electrons. The molecular weight excluding hydrogens is 376 g/mol. The van der Waals surface area contributed by atoms with Crippen LogP contribution < -0.4 is 16.0 Å². The number of aromatic nitrogens is 1. The van der Waals surface area contributed by atoms with Gasteiger partial charge in [-0.2, -0.15) is 0 Å². The van der Waals surface area contributed by atoms with Gasteiger partial charge in [-0.1, -0.05) is 0 Å². The molecule has 1 atom stereocenters. The van der Waals surface area contributed by atoms with Crippen molar-refractivity contribution >= 4 is 45.3 Å². The van der Waals surface area contributed by atoms with Crippen molar-refractivity contribution < 1.29 is 19.1 Å². The summed E-state index contributed by atoms with van der Waals surface area (Å²) >= 11 is 4.39. The van der Waals surface area contributed by atoms with Gasteiger partial charge in [-0.15, -0.1) is 11.3 Å². The van der Waals surface area contributed by atoms with E-state index in [4.69, 9.17) is 4.74 Å². The highest BCUT2D eigenvalue weighted by atomic mass is 79.9. The summed E-state index contributed by atoms with van der Waals surface area (Å²) in [6, 6.07) is -0.637. The van der Waals surface area contributed by atoms with Crippen LogP contribution >= 0.6 is 27.3 Å². The standard InChI is InChI=1S/C12H15BrN4O4S/c1-11(2,3)21-10(20)14-5-12(7(18)16-9(19)17-12)8-15-6(13)4-22-8/h4H,5H2,1-3H3,(H,14,20)(H2,16,17,18,19). The molecule has 3 N–H and O–H groups in total. The molecule has 2 heterocycles. The molecule has 0 spiro atoms. The predicted molar refractivity (Wildman–Crippen MR) is 82.4 cm³/mol. The lowest BCUT2D eigenvalue weighted by Crippen LogP contribution is -2.53. The Hall–Kier alpha value is -1.68. The van der Waals surface area contributed by atoms with Gasteiger partial charge in [0, 0.05) is 5.38 Å². The largest absolute Gasteiger partial charge is 0.444 e. The Morgan fingerprint density at radius 2 is 2.18 bits per heavy atom. The van der Waals surface area contributed by atoms with E-state index in [2.05, 4.69) is 36.9 Å². The molecule has 4 amide bonds. The number of nitrogens with one attached hydrogen (secondary N) is 3. The summed E-state index contributed by atoms with van der Waals surface area (Å²) in [7, 11) is 0. The molecule has 1 aliphatic rings. The lowest BCUT2D eigenvalue weighted by atomic mass is 10.0. The van der Waals surface area contributed by atoms with E-state index >= 15 is 0 Å². The number of alkyl carbamates (subject to hydrolysis) is 1. The molecule has 1 fully saturated rings. The number of thiazole rings is 1. The molecule has 1 aromatic heterocycles. The molecule has 120 valence electrons. The van der Waals surface area contributed by atoms with Gasteiger partial charge >= 0.3 is 12.1 Å². The van der Waals surface area contributed by atoms with Gasteiger partial charge in [-0.25, -0.2) is 14.6 Å². The van der Waals surface area contributed by atoms with Crippen molar-refractivity contribution in [3.63, 3.8) is 0 Å². The van der Waals surface area contributed by atoms with Crippen LogP contribution in [0.1, 0.15) is 25.8 Å². The second kappa shape index (κ2) is 5.84. The average molecular weight is 391 g/mol. The molecule has 1 aliphatic heterocycles. The van der Waals surface area contributed by atoms with Crippen molar-refractivity contribution in [3.05, 3.63) is 15.0 Å². The van der Waals surface area contributed by atoms with Gasteiger partial charge in [0.25, 0.3) is 5.91 Å². The Balaban J connectivity index is 2.19. The lowest BCUT2D eigenvalue weighted by Gasteiger charge is -2.25. The Labute approximate surface area is 139 Å². The third kappa shape index (κ3) is 3.55. The fourth-order valence-electron chi connectivity index (χ4n) is 1.81. The van der Waals surface area contributed by atoms with Crippen molar-refractivity contribution in [3.8, 4) is 0 Å². The van der Waals surface area contributed by atoms with Crippen LogP contribution in [0.4, 0.5) is 9.59 Å². The summed E-state index contributed by atoms with van der Waals surface area (Å²) in [4.78, 5) is 39.6. The predicted octanol–water partition coefficient (Wildman–Crippen LogP) is 1.46. The molecule has 0 aromatic carbocycles. The van der Waals surface area contributed by atoms with Crippen LogP contribution in [0, 0.1) is 0 Å². The van der Waals surface area contributed by atoms with Gasteiger partial charge < -0.3 is 15.4 Å². The number of carbonyl (C=O) groups excluding carboxylic acids is 3. The quantitative estimate of drug-likeness (QED) is 0.676. The fourth-order valence-corrected chi connectivity index (χ4v) is 3.22. The maximum Gasteiger partial charge on any atom is 0.407 e. The second-order valence-corrected chi connectivity index (χ2v) is 7.31. The number of nitrogens with zero attached hydrogens (tertiary/aromatic N) is 1. The van der Waals surface area contributed by atoms with Crippen molar-refractivity contribution in [1.82, 2.24) is 20.9 Å². The number of carbonyl (C=O) groups is 3. The van der Waals surface area contributed by atoms with E-state index in [9.17, 15) is 14.4 Å². The Kier molecular flexibility index (Phi) is 4.43. The van der Waals surface area contributed by atoms with E-state index in [0.29, 0.717) is 9.61 Å². The normalized spacial score (nSPS) is 21.3. The van der Waals surface area contributed by atoms with E-state index in [1.54, 1.807) is 26.2 Å². The number of ether oxygens (including phenoxy) is 1. The Bertz CT molecular complexity index is 627. The molecule has 0 bridgehead atoms. The second-order valence-electron chi connectivity index (χ2n) is 5.64. The third-order valence-electron chi connectivity index (χ3n) is 2.68. The van der Waals surface area contributed by atoms with Crippen molar-refractivity contribution in [2.75, 3.05) is 6.54 Å². The Morgan fingerprint density at radius 3 is 2.64 bits per heavy atom. The molecule has 8 nitrogen and oxygen atoms in total. The van der Waals surface area contributed by atoms with Gasteiger partial charge in [0.05, 0.1) is 6.54 Å². The minimum Gasteiger partial charge on any atom is -0.444 e. The van der Waals surface area contributed by atoms with Crippen LogP contribution in [-0.2, 0) is 15.1 Å². The number of hydrogen-bond acceptors (Lipinski definition) is 6. The molecule has 1 aromatic rings. The van der Waals surface area contributed by atoms with Crippen molar-refractivity contribution in [2.24, 2.45) is 0 Å². The average Bonchev–Trinajstić information content (AvgIpc) is 2.90. The SMILES string of the molecule is CC(C)(C)OC(=O)NCC1(c2nc(Br)cs2)NC(=O)NC1=O. The van der Waals surface area contributed by atoms with Crippen LogP contribution in [-0.4, -0.2) is 35.2 Å². The number of rotatable bonds is 3. The molecule has 1 unspecified atom stereocenters. The van der Waals surface area contributed by atoms with Gasteiger partial charge in [-0.3, -0.25) is 10.1 Å². The zero-order valence-corrected chi connectivity index (χ0v) is 14.6. The highest BCUT2D eigenvalue weighted by Gasteiger charge is 2.50. The minimum absolute atomic E-state index is 0.167. The van der Waals surface area contributed by atoms with Crippen molar-refractivity contribution in [2.45, 2.75) is 31.9 Å². The maximum absolute atomic E-state index is 12.2. The first-order valence-corrected chi connectivity index (χ1v) is 8.02. The lowest BCUT2D eigenvalue weighted by molar-refractivity contribution is -0.124. The van der Waals surface area contributed by atoms with Crippen LogP contribution in [0.3, 0.4) is 0 Å². The summed E-state index contributed by atoms with van der Waals surface area (Å²) in [5, 5.41) is 9.22. The molecule has 0 aliphatic carbocycles. The highest BCUT2D eigenvalue weighted by Crippen LogP contribution is 2.29. The first-order chi connectivity index (χ1) is 10.1. The van der Waals surface area contributed by atoms with Crippen LogP contribution in [0.5, 0.6) is 0 Å². The molecule has 1 saturated heterocycles. The van der Waals surface area contributed by atoms with E-state index in [1.165, 1.54) is 11.3 Å². The zero-order chi connectivity index (χ0) is 16.5. The smallest absolute Gasteiger partial charge is 0.407 e. The molecular formula is C12H15BrN4O4S. The third-order valence-corrected chi connectivity index (χ3v) is 4.39. The van der Waals surface area contributed by atoms with Gasteiger partial charge in [-0.05, 0) is 36.7 Å². The zero-order valence-electron chi connectivity index (χ0n) is 12.2. The number of halogens is 1. The molecule has 2 rings (SSSR count). The first-order valence-electron chi connectivity index (χ1n) is 6.34. The van der Waals surface area contributed by atoms with Crippen LogP contribution in [0.2, 0.25) is 0 Å². The van der Waals surface area contributed by atoms with Crippen molar-refractivity contribution in [1.29, 1.82) is 0 Å². The molecule has 0 saturated carbocycles. The summed E-state index contributed by atoms with van der Waals surface area (Å²) in [6.45, 7) is 5.01. The summed E-state index contributed by atoms with van der Waals surface area (Å²) < 4.78 is 5.66. The first kappa shape index (κ1) is 16.7. The monoisotopic (exact) mass is 390 g/mol. The minimum atomic E-state index is -1.44. The van der Waals surface area contributed by atoms with Crippen LogP contribution in [0.15, 0.2) is 9.98 Å². The number of imide groups is 1.